The Bertz CT molecular complexity index is 1520. The van der Waals surface area contributed by atoms with Crippen molar-refractivity contribution in [1.82, 2.24) is 9.62 Å². The molecular formula is C27H25N3O6S. The third-order valence-corrected chi connectivity index (χ3v) is 7.45. The quantitative estimate of drug-likeness (QED) is 0.278. The fourth-order valence-corrected chi connectivity index (χ4v) is 5.64. The Morgan fingerprint density at radius 3 is 2.08 bits per heavy atom. The average molecular weight is 520 g/mol. The summed E-state index contributed by atoms with van der Waals surface area (Å²) < 4.78 is 28.5. The summed E-state index contributed by atoms with van der Waals surface area (Å²) in [4.78, 5) is 37.5. The van der Waals surface area contributed by atoms with Gasteiger partial charge in [0.2, 0.25) is 5.78 Å². The van der Waals surface area contributed by atoms with Crippen LogP contribution in [-0.2, 0) is 10.0 Å². The van der Waals surface area contributed by atoms with Gasteiger partial charge in [0.25, 0.3) is 15.7 Å². The maximum atomic E-state index is 13.9. The lowest BCUT2D eigenvalue weighted by atomic mass is 9.99. The number of carbonyl (C=O) groups is 2. The highest BCUT2D eigenvalue weighted by Crippen LogP contribution is 2.38. The predicted octanol–water partition coefficient (Wildman–Crippen LogP) is 4.42. The van der Waals surface area contributed by atoms with Crippen LogP contribution in [-0.4, -0.2) is 41.3 Å². The number of fused-ring (bicyclic) bond motifs is 1. The van der Waals surface area contributed by atoms with Gasteiger partial charge in [-0.05, 0) is 39.0 Å². The van der Waals surface area contributed by atoms with E-state index in [0.717, 1.165) is 4.31 Å². The molecule has 0 saturated heterocycles. The van der Waals surface area contributed by atoms with E-state index >= 15 is 0 Å². The molecule has 1 N–H and O–H groups in total. The number of hydrogen-bond donors (Lipinski definition) is 1. The van der Waals surface area contributed by atoms with E-state index < -0.39 is 38.6 Å². The summed E-state index contributed by atoms with van der Waals surface area (Å²) in [7, 11) is -4.31. The topological polar surface area (TPSA) is 127 Å². The number of sulfonamides is 1. The highest BCUT2D eigenvalue weighted by Gasteiger charge is 2.41. The Balaban J connectivity index is 1.91. The summed E-state index contributed by atoms with van der Waals surface area (Å²) in [6, 6.07) is 19.4. The second-order valence-electron chi connectivity index (χ2n) is 9.53. The fraction of sp³-hybridized carbons (Fsp3) is 0.185. The number of rotatable bonds is 7. The van der Waals surface area contributed by atoms with E-state index in [1.807, 2.05) is 20.8 Å². The number of nitrogens with zero attached hydrogens (tertiary/aromatic N) is 2. The van der Waals surface area contributed by atoms with Gasteiger partial charge < -0.3 is 5.32 Å². The van der Waals surface area contributed by atoms with E-state index in [2.05, 4.69) is 5.32 Å². The van der Waals surface area contributed by atoms with E-state index in [9.17, 15) is 28.1 Å². The number of nitrogens with one attached hydrogen (secondary N) is 1. The van der Waals surface area contributed by atoms with Crippen molar-refractivity contribution in [3.63, 3.8) is 0 Å². The first kappa shape index (κ1) is 25.8. The fourth-order valence-electron chi connectivity index (χ4n) is 4.00. The van der Waals surface area contributed by atoms with Gasteiger partial charge in [-0.3, -0.25) is 24.0 Å². The molecule has 1 aliphatic rings. The van der Waals surface area contributed by atoms with Crippen molar-refractivity contribution in [1.29, 1.82) is 0 Å². The van der Waals surface area contributed by atoms with Gasteiger partial charge in [-0.2, -0.15) is 0 Å². The Labute approximate surface area is 214 Å². The minimum absolute atomic E-state index is 0.0390. The van der Waals surface area contributed by atoms with Crippen molar-refractivity contribution in [2.75, 3.05) is 6.54 Å². The third kappa shape index (κ3) is 5.14. The zero-order chi connectivity index (χ0) is 27.0. The lowest BCUT2D eigenvalue weighted by Crippen LogP contribution is -2.45. The summed E-state index contributed by atoms with van der Waals surface area (Å²) in [5.74, 6) is -1.19. The number of Topliss-reactive ketones (excluding diaryl/α,β-unsaturated/α-hetero) is 2. The Morgan fingerprint density at radius 2 is 1.49 bits per heavy atom. The average Bonchev–Trinajstić information content (AvgIpc) is 2.86. The number of benzene rings is 3. The SMILES string of the molecule is CC(C)(C)NC1=C(C(=O)c2ccccc2)N(CC(=O)c2ccc([N+](=O)[O-])cc2)S(=O)(=O)c2ccccc21. The molecule has 0 fully saturated rings. The van der Waals surface area contributed by atoms with Crippen molar-refractivity contribution in [3.05, 3.63) is 111 Å². The Kier molecular flexibility index (Phi) is 6.70. The van der Waals surface area contributed by atoms with Crippen LogP contribution in [0.4, 0.5) is 5.69 Å². The normalized spacial score (nSPS) is 14.6. The molecule has 1 aliphatic heterocycles. The van der Waals surface area contributed by atoms with Crippen LogP contribution in [0.15, 0.2) is 89.5 Å². The van der Waals surface area contributed by atoms with Crippen molar-refractivity contribution in [2.45, 2.75) is 31.2 Å². The number of nitro benzene ring substituents is 1. The van der Waals surface area contributed by atoms with Crippen LogP contribution < -0.4 is 5.32 Å². The summed E-state index contributed by atoms with van der Waals surface area (Å²) in [5, 5.41) is 14.3. The van der Waals surface area contributed by atoms with Gasteiger partial charge in [-0.1, -0.05) is 48.5 Å². The van der Waals surface area contributed by atoms with Gasteiger partial charge in [0.05, 0.1) is 22.1 Å². The highest BCUT2D eigenvalue weighted by atomic mass is 32.2. The lowest BCUT2D eigenvalue weighted by molar-refractivity contribution is -0.384. The molecule has 0 radical (unpaired) electrons. The smallest absolute Gasteiger partial charge is 0.269 e. The molecule has 0 saturated carbocycles. The monoisotopic (exact) mass is 519 g/mol. The van der Waals surface area contributed by atoms with Gasteiger partial charge in [0, 0.05) is 34.4 Å². The first-order chi connectivity index (χ1) is 17.4. The molecule has 0 spiro atoms. The van der Waals surface area contributed by atoms with Crippen LogP contribution >= 0.6 is 0 Å². The molecule has 0 atom stereocenters. The molecule has 0 unspecified atom stereocenters. The minimum Gasteiger partial charge on any atom is -0.378 e. The number of allylic oxidation sites excluding steroid dienone is 1. The highest BCUT2D eigenvalue weighted by molar-refractivity contribution is 7.89. The number of carbonyl (C=O) groups excluding carboxylic acids is 2. The van der Waals surface area contributed by atoms with Crippen molar-refractivity contribution in [2.24, 2.45) is 0 Å². The molecular weight excluding hydrogens is 494 g/mol. The predicted molar refractivity (Wildman–Crippen MR) is 138 cm³/mol. The van der Waals surface area contributed by atoms with Gasteiger partial charge in [0.15, 0.2) is 5.78 Å². The van der Waals surface area contributed by atoms with Gasteiger partial charge in [0.1, 0.15) is 5.70 Å². The number of ketones is 2. The molecule has 9 nitrogen and oxygen atoms in total. The maximum absolute atomic E-state index is 13.9. The molecule has 10 heteroatoms. The van der Waals surface area contributed by atoms with Gasteiger partial charge in [-0.15, -0.1) is 0 Å². The standard InChI is InChI=1S/C27H25N3O6S/c1-27(2,3)28-24-21-11-7-8-12-23(21)37(35,36)29(25(24)26(32)19-9-5-4-6-10-19)17-22(31)18-13-15-20(16-14-18)30(33)34/h4-16,28H,17H2,1-3H3. The Morgan fingerprint density at radius 1 is 0.892 bits per heavy atom. The van der Waals surface area contributed by atoms with E-state index in [1.165, 1.54) is 30.3 Å². The molecule has 4 rings (SSSR count). The van der Waals surface area contributed by atoms with Crippen LogP contribution in [0, 0.1) is 10.1 Å². The lowest BCUT2D eigenvalue weighted by Gasteiger charge is -2.36. The third-order valence-electron chi connectivity index (χ3n) is 5.65. The van der Waals surface area contributed by atoms with Gasteiger partial charge in [-0.25, -0.2) is 8.42 Å². The summed E-state index contributed by atoms with van der Waals surface area (Å²) in [6.45, 7) is 4.96. The van der Waals surface area contributed by atoms with Gasteiger partial charge >= 0.3 is 0 Å². The molecule has 3 aromatic rings. The van der Waals surface area contributed by atoms with Crippen LogP contribution in [0.3, 0.4) is 0 Å². The zero-order valence-corrected chi connectivity index (χ0v) is 21.3. The first-order valence-corrected chi connectivity index (χ1v) is 12.9. The van der Waals surface area contributed by atoms with Crippen molar-refractivity contribution < 1.29 is 22.9 Å². The molecule has 1 heterocycles. The number of hydrogen-bond acceptors (Lipinski definition) is 7. The molecule has 3 aromatic carbocycles. The number of non-ortho nitro benzene ring substituents is 1. The molecule has 37 heavy (non-hydrogen) atoms. The van der Waals surface area contributed by atoms with Crippen molar-refractivity contribution >= 4 is 33.0 Å². The van der Waals surface area contributed by atoms with E-state index in [4.69, 9.17) is 0 Å². The number of nitro groups is 1. The maximum Gasteiger partial charge on any atom is 0.269 e. The second kappa shape index (κ2) is 9.62. The second-order valence-corrected chi connectivity index (χ2v) is 11.4. The van der Waals surface area contributed by atoms with Crippen molar-refractivity contribution in [3.8, 4) is 0 Å². The zero-order valence-electron chi connectivity index (χ0n) is 20.5. The summed E-state index contributed by atoms with van der Waals surface area (Å²) in [5.41, 5.74) is 0.0334. The van der Waals surface area contributed by atoms with Crippen LogP contribution in [0.25, 0.3) is 5.70 Å². The summed E-state index contributed by atoms with van der Waals surface area (Å²) >= 11 is 0. The first-order valence-electron chi connectivity index (χ1n) is 11.4. The van der Waals surface area contributed by atoms with E-state index in [0.29, 0.717) is 11.3 Å². The minimum atomic E-state index is -4.31. The molecule has 0 aliphatic carbocycles. The van der Waals surface area contributed by atoms with E-state index in [1.54, 1.807) is 48.5 Å². The van der Waals surface area contributed by atoms with Crippen LogP contribution in [0.2, 0.25) is 0 Å². The molecule has 0 amide bonds. The molecule has 190 valence electrons. The largest absolute Gasteiger partial charge is 0.378 e. The molecule has 0 bridgehead atoms. The van der Waals surface area contributed by atoms with Crippen LogP contribution in [0.1, 0.15) is 47.1 Å². The van der Waals surface area contributed by atoms with Crippen LogP contribution in [0.5, 0.6) is 0 Å². The Hall–Kier alpha value is -4.31. The molecule has 0 aromatic heterocycles. The summed E-state index contributed by atoms with van der Waals surface area (Å²) in [6.07, 6.45) is 0. The van der Waals surface area contributed by atoms with E-state index in [-0.39, 0.29) is 27.4 Å².